The van der Waals surface area contributed by atoms with Crippen LogP contribution >= 0.6 is 0 Å². The van der Waals surface area contributed by atoms with Crippen LogP contribution in [0.4, 0.5) is 0 Å². The minimum absolute atomic E-state index is 0.0694. The van der Waals surface area contributed by atoms with Gasteiger partial charge < -0.3 is 10.4 Å². The summed E-state index contributed by atoms with van der Waals surface area (Å²) >= 11 is 0. The van der Waals surface area contributed by atoms with Gasteiger partial charge in [0.2, 0.25) is 0 Å². The van der Waals surface area contributed by atoms with Crippen molar-refractivity contribution in [1.29, 1.82) is 0 Å². The summed E-state index contributed by atoms with van der Waals surface area (Å²) < 4.78 is 0. The first kappa shape index (κ1) is 7.92. The van der Waals surface area contributed by atoms with Crippen LogP contribution in [0.5, 0.6) is 0 Å². The van der Waals surface area contributed by atoms with Crippen LogP contribution in [0.15, 0.2) is 0 Å². The first-order chi connectivity index (χ1) is 3.68. The number of hydrogen-bond acceptors (Lipinski definition) is 2. The average Bonchev–Trinajstić information content (AvgIpc) is 1.87. The maximum atomic E-state index is 8.72. The number of likely N-dealkylation sites (N-methyl/N-ethyl adjacent to an activating group) is 1. The molecule has 0 amide bonds. The van der Waals surface area contributed by atoms with Gasteiger partial charge in [0, 0.05) is 5.54 Å². The Morgan fingerprint density at radius 2 is 2.12 bits per heavy atom. The minimum Gasteiger partial charge on any atom is -0.394 e. The van der Waals surface area contributed by atoms with Crippen molar-refractivity contribution in [2.24, 2.45) is 0 Å². The molecule has 0 spiro atoms. The lowest BCUT2D eigenvalue weighted by Gasteiger charge is -2.24. The van der Waals surface area contributed by atoms with Gasteiger partial charge in [-0.25, -0.2) is 0 Å². The summed E-state index contributed by atoms with van der Waals surface area (Å²) in [4.78, 5) is 0. The van der Waals surface area contributed by atoms with E-state index in [4.69, 9.17) is 5.11 Å². The number of hydrogen-bond donors (Lipinski definition) is 2. The highest BCUT2D eigenvalue weighted by Crippen LogP contribution is 2.04. The Bertz CT molecular complexity index is 51.3. The number of aliphatic hydroxyl groups excluding tert-OH is 1. The smallest absolute Gasteiger partial charge is 0.0610 e. The van der Waals surface area contributed by atoms with Crippen molar-refractivity contribution < 1.29 is 5.11 Å². The van der Waals surface area contributed by atoms with Gasteiger partial charge in [-0.15, -0.1) is 0 Å². The predicted molar refractivity (Wildman–Crippen MR) is 34.8 cm³/mol. The fourth-order valence-corrected chi connectivity index (χ4v) is 0.368. The van der Waals surface area contributed by atoms with Gasteiger partial charge in [-0.05, 0) is 20.4 Å². The summed E-state index contributed by atoms with van der Waals surface area (Å²) in [7, 11) is 1.86. The van der Waals surface area contributed by atoms with Crippen molar-refractivity contribution >= 4 is 0 Å². The summed E-state index contributed by atoms with van der Waals surface area (Å²) in [6.45, 7) is 4.25. The molecule has 8 heavy (non-hydrogen) atoms. The average molecular weight is 117 g/mol. The lowest BCUT2D eigenvalue weighted by atomic mass is 10.0. The molecule has 2 N–H and O–H groups in total. The van der Waals surface area contributed by atoms with Gasteiger partial charge >= 0.3 is 0 Å². The van der Waals surface area contributed by atoms with Crippen LogP contribution in [-0.4, -0.2) is 24.3 Å². The monoisotopic (exact) mass is 117 g/mol. The molecule has 1 unspecified atom stereocenters. The molecule has 0 aromatic carbocycles. The molecule has 50 valence electrons. The van der Waals surface area contributed by atoms with Gasteiger partial charge in [-0.1, -0.05) is 6.92 Å². The summed E-state index contributed by atoms with van der Waals surface area (Å²) in [6.07, 6.45) is 0.958. The van der Waals surface area contributed by atoms with Crippen molar-refractivity contribution in [1.82, 2.24) is 5.32 Å². The zero-order valence-corrected chi connectivity index (χ0v) is 5.86. The van der Waals surface area contributed by atoms with Crippen LogP contribution in [-0.2, 0) is 0 Å². The second-order valence-corrected chi connectivity index (χ2v) is 2.32. The highest BCUT2D eigenvalue weighted by Gasteiger charge is 2.16. The number of aliphatic hydroxyl groups is 1. The molecule has 0 bridgehead atoms. The fourth-order valence-electron chi connectivity index (χ4n) is 0.368. The van der Waals surface area contributed by atoms with E-state index >= 15 is 0 Å². The highest BCUT2D eigenvalue weighted by molar-refractivity contribution is 4.77. The summed E-state index contributed by atoms with van der Waals surface area (Å²) in [5, 5.41) is 11.8. The lowest BCUT2D eigenvalue weighted by Crippen LogP contribution is -2.42. The van der Waals surface area contributed by atoms with Gasteiger partial charge in [0.15, 0.2) is 0 Å². The summed E-state index contributed by atoms with van der Waals surface area (Å²) in [5.74, 6) is 0. The van der Waals surface area contributed by atoms with Crippen molar-refractivity contribution in [3.8, 4) is 0 Å². The number of nitrogens with one attached hydrogen (secondary N) is 1. The van der Waals surface area contributed by atoms with Crippen molar-refractivity contribution in [3.63, 3.8) is 0 Å². The van der Waals surface area contributed by atoms with Crippen LogP contribution in [0, 0.1) is 0 Å². The normalized spacial score (nSPS) is 18.0. The van der Waals surface area contributed by atoms with Crippen molar-refractivity contribution in [2.45, 2.75) is 25.8 Å². The molecule has 1 atom stereocenters. The Hall–Kier alpha value is -0.0800. The van der Waals surface area contributed by atoms with Crippen LogP contribution in [0.2, 0.25) is 0 Å². The standard InChI is InChI=1S/C6H15NO/c1-4-6(2,5-8)7-3/h7-8H,4-5H2,1-3H3. The molecular weight excluding hydrogens is 102 g/mol. The van der Waals surface area contributed by atoms with E-state index in [1.54, 1.807) is 0 Å². The molecule has 2 nitrogen and oxygen atoms in total. The largest absolute Gasteiger partial charge is 0.394 e. The molecule has 0 radical (unpaired) electrons. The van der Waals surface area contributed by atoms with Crippen molar-refractivity contribution in [2.75, 3.05) is 13.7 Å². The zero-order chi connectivity index (χ0) is 6.62. The third-order valence-corrected chi connectivity index (χ3v) is 1.73. The SMILES string of the molecule is CCC(C)(CO)NC. The molecule has 0 saturated heterocycles. The Balaban J connectivity index is 3.58. The second-order valence-electron chi connectivity index (χ2n) is 2.32. The van der Waals surface area contributed by atoms with E-state index in [0.29, 0.717) is 0 Å². The molecule has 0 rings (SSSR count). The van der Waals surface area contributed by atoms with Crippen molar-refractivity contribution in [3.05, 3.63) is 0 Å². The van der Waals surface area contributed by atoms with E-state index in [9.17, 15) is 0 Å². The summed E-state index contributed by atoms with van der Waals surface area (Å²) in [6, 6.07) is 0. The molecule has 0 aromatic heterocycles. The van der Waals surface area contributed by atoms with Gasteiger partial charge in [0.25, 0.3) is 0 Å². The molecule has 0 aliphatic heterocycles. The molecule has 0 heterocycles. The third kappa shape index (κ3) is 1.80. The zero-order valence-electron chi connectivity index (χ0n) is 5.86. The topological polar surface area (TPSA) is 32.3 Å². The molecule has 0 fully saturated rings. The van der Waals surface area contributed by atoms with E-state index in [1.165, 1.54) is 0 Å². The Morgan fingerprint density at radius 3 is 2.12 bits per heavy atom. The van der Waals surface area contributed by atoms with Crippen LogP contribution < -0.4 is 5.32 Å². The summed E-state index contributed by atoms with van der Waals surface area (Å²) in [5.41, 5.74) is -0.0694. The van der Waals surface area contributed by atoms with Gasteiger partial charge in [0.05, 0.1) is 6.61 Å². The Morgan fingerprint density at radius 1 is 1.62 bits per heavy atom. The lowest BCUT2D eigenvalue weighted by molar-refractivity contribution is 0.178. The quantitative estimate of drug-likeness (QED) is 0.559. The molecule has 0 aromatic rings. The van der Waals surface area contributed by atoms with Gasteiger partial charge in [-0.3, -0.25) is 0 Å². The first-order valence-corrected chi connectivity index (χ1v) is 2.98. The van der Waals surface area contributed by atoms with Gasteiger partial charge in [-0.2, -0.15) is 0 Å². The van der Waals surface area contributed by atoms with Crippen LogP contribution in [0.25, 0.3) is 0 Å². The highest BCUT2D eigenvalue weighted by atomic mass is 16.3. The molecule has 0 aliphatic carbocycles. The molecule has 0 aliphatic rings. The maximum absolute atomic E-state index is 8.72. The van der Waals surface area contributed by atoms with E-state index in [2.05, 4.69) is 5.32 Å². The minimum atomic E-state index is -0.0694. The molecule has 2 heteroatoms. The van der Waals surface area contributed by atoms with E-state index in [0.717, 1.165) is 6.42 Å². The van der Waals surface area contributed by atoms with Gasteiger partial charge in [0.1, 0.15) is 0 Å². The Kier molecular flexibility index (Phi) is 3.02. The first-order valence-electron chi connectivity index (χ1n) is 2.98. The number of rotatable bonds is 3. The predicted octanol–water partition coefficient (Wildman–Crippen LogP) is 0.367. The van der Waals surface area contributed by atoms with Crippen LogP contribution in [0.3, 0.4) is 0 Å². The van der Waals surface area contributed by atoms with E-state index in [-0.39, 0.29) is 12.1 Å². The third-order valence-electron chi connectivity index (χ3n) is 1.73. The molecule has 0 saturated carbocycles. The van der Waals surface area contributed by atoms with Crippen LogP contribution in [0.1, 0.15) is 20.3 Å². The van der Waals surface area contributed by atoms with E-state index in [1.807, 2.05) is 20.9 Å². The maximum Gasteiger partial charge on any atom is 0.0610 e. The van der Waals surface area contributed by atoms with E-state index < -0.39 is 0 Å². The Labute approximate surface area is 50.9 Å². The molecular formula is C6H15NO. The fraction of sp³-hybridized carbons (Fsp3) is 1.00. The second kappa shape index (κ2) is 3.05.